The number of nitrogens with one attached hydrogen (secondary N) is 1. The summed E-state index contributed by atoms with van der Waals surface area (Å²) in [7, 11) is 0. The Hall–Kier alpha value is -2.11. The molecule has 1 atom stereocenters. The largest absolute Gasteiger partial charge is 0.480 e. The minimum absolute atomic E-state index is 0.0564. The zero-order chi connectivity index (χ0) is 13.8. The fraction of sp³-hybridized carbons (Fsp3) is 0.462. The smallest absolute Gasteiger partial charge is 0.326 e. The quantitative estimate of drug-likeness (QED) is 0.769. The van der Waals surface area contributed by atoms with Crippen LogP contribution in [0.2, 0.25) is 0 Å². The van der Waals surface area contributed by atoms with Gasteiger partial charge in [-0.25, -0.2) is 4.79 Å². The van der Waals surface area contributed by atoms with Crippen molar-refractivity contribution in [1.82, 2.24) is 9.88 Å². The minimum Gasteiger partial charge on any atom is -0.480 e. The van der Waals surface area contributed by atoms with E-state index in [9.17, 15) is 14.4 Å². The number of pyridine rings is 1. The highest BCUT2D eigenvalue weighted by atomic mass is 16.4. The number of hydrogen-bond acceptors (Lipinski definition) is 3. The van der Waals surface area contributed by atoms with E-state index >= 15 is 0 Å². The highest BCUT2D eigenvalue weighted by Gasteiger charge is 2.37. The van der Waals surface area contributed by atoms with Gasteiger partial charge in [-0.05, 0) is 24.8 Å². The van der Waals surface area contributed by atoms with Crippen LogP contribution in [0.5, 0.6) is 0 Å². The van der Waals surface area contributed by atoms with Crippen molar-refractivity contribution < 1.29 is 14.7 Å². The lowest BCUT2D eigenvalue weighted by atomic mass is 10.2. The summed E-state index contributed by atoms with van der Waals surface area (Å²) in [5.41, 5.74) is -0.174. The maximum Gasteiger partial charge on any atom is 0.326 e. The number of aryl methyl sites for hydroxylation is 1. The Morgan fingerprint density at radius 1 is 1.42 bits per heavy atom. The summed E-state index contributed by atoms with van der Waals surface area (Å²) in [6.07, 6.45) is 3.39. The lowest BCUT2D eigenvalue weighted by molar-refractivity contribution is -0.142. The molecule has 1 saturated carbocycles. The molecular formula is C13H16N2O4. The second-order valence-corrected chi connectivity index (χ2v) is 4.70. The molecule has 1 fully saturated rings. The zero-order valence-corrected chi connectivity index (χ0v) is 10.4. The van der Waals surface area contributed by atoms with Gasteiger partial charge in [0.1, 0.15) is 6.04 Å². The van der Waals surface area contributed by atoms with Crippen molar-refractivity contribution >= 4 is 11.9 Å². The highest BCUT2D eigenvalue weighted by molar-refractivity contribution is 5.83. The van der Waals surface area contributed by atoms with Gasteiger partial charge >= 0.3 is 5.97 Å². The van der Waals surface area contributed by atoms with Crippen LogP contribution in [0.15, 0.2) is 29.2 Å². The number of carbonyl (C=O) groups is 2. The molecule has 19 heavy (non-hydrogen) atoms. The Kier molecular flexibility index (Phi) is 3.99. The number of carboxylic acids is 1. The summed E-state index contributed by atoms with van der Waals surface area (Å²) in [5.74, 6) is -1.27. The number of aliphatic carboxylic acids is 1. The number of carboxylic acid groups (broad SMARTS) is 1. The molecule has 0 bridgehead atoms. The van der Waals surface area contributed by atoms with E-state index in [1.807, 2.05) is 0 Å². The Labute approximate surface area is 110 Å². The molecule has 102 valence electrons. The molecule has 6 heteroatoms. The maximum atomic E-state index is 11.7. The number of amides is 1. The van der Waals surface area contributed by atoms with Crippen LogP contribution in [-0.2, 0) is 16.1 Å². The van der Waals surface area contributed by atoms with E-state index in [1.54, 1.807) is 18.3 Å². The Morgan fingerprint density at radius 2 is 2.16 bits per heavy atom. The van der Waals surface area contributed by atoms with Gasteiger partial charge < -0.3 is 15.0 Å². The summed E-state index contributed by atoms with van der Waals surface area (Å²) >= 11 is 0. The lowest BCUT2D eigenvalue weighted by Crippen LogP contribution is -2.42. The molecule has 1 heterocycles. The van der Waals surface area contributed by atoms with Crippen LogP contribution < -0.4 is 10.9 Å². The molecular weight excluding hydrogens is 248 g/mol. The first kappa shape index (κ1) is 13.3. The van der Waals surface area contributed by atoms with Gasteiger partial charge in [-0.15, -0.1) is 0 Å². The first-order valence-corrected chi connectivity index (χ1v) is 6.25. The van der Waals surface area contributed by atoms with Crippen molar-refractivity contribution in [2.24, 2.45) is 5.92 Å². The monoisotopic (exact) mass is 264 g/mol. The lowest BCUT2D eigenvalue weighted by Gasteiger charge is -2.13. The standard InChI is InChI=1S/C13H16N2O4/c16-10(14-12(13(18)19)9-4-5-9)6-8-15-7-2-1-3-11(15)17/h1-3,7,9,12H,4-6,8H2,(H,14,16)(H,18,19). The van der Waals surface area contributed by atoms with E-state index in [4.69, 9.17) is 5.11 Å². The Bertz CT molecular complexity index is 533. The van der Waals surface area contributed by atoms with E-state index in [0.717, 1.165) is 12.8 Å². The average Bonchev–Trinajstić information content (AvgIpc) is 3.19. The van der Waals surface area contributed by atoms with Gasteiger partial charge in [0.05, 0.1) is 0 Å². The van der Waals surface area contributed by atoms with Gasteiger partial charge in [0, 0.05) is 25.2 Å². The number of hydrogen-bond donors (Lipinski definition) is 2. The molecule has 0 radical (unpaired) electrons. The third-order valence-corrected chi connectivity index (χ3v) is 3.15. The third-order valence-electron chi connectivity index (χ3n) is 3.15. The fourth-order valence-corrected chi connectivity index (χ4v) is 1.92. The summed E-state index contributed by atoms with van der Waals surface area (Å²) in [6, 6.07) is 3.97. The molecule has 0 aromatic carbocycles. The SMILES string of the molecule is O=C(CCn1ccccc1=O)NC(C(=O)O)C1CC1. The van der Waals surface area contributed by atoms with Crippen molar-refractivity contribution in [1.29, 1.82) is 0 Å². The second-order valence-electron chi connectivity index (χ2n) is 4.70. The molecule has 1 aliphatic carbocycles. The first-order valence-electron chi connectivity index (χ1n) is 6.25. The molecule has 1 aliphatic rings. The first-order chi connectivity index (χ1) is 9.08. The van der Waals surface area contributed by atoms with E-state index in [2.05, 4.69) is 5.32 Å². The third kappa shape index (κ3) is 3.67. The molecule has 1 amide bonds. The van der Waals surface area contributed by atoms with Crippen LogP contribution in [0, 0.1) is 5.92 Å². The second kappa shape index (κ2) is 5.69. The topological polar surface area (TPSA) is 88.4 Å². The number of nitrogens with zero attached hydrogens (tertiary/aromatic N) is 1. The van der Waals surface area contributed by atoms with E-state index in [0.29, 0.717) is 0 Å². The van der Waals surface area contributed by atoms with Crippen molar-refractivity contribution in [3.63, 3.8) is 0 Å². The van der Waals surface area contributed by atoms with Gasteiger partial charge in [0.2, 0.25) is 5.91 Å². The van der Waals surface area contributed by atoms with Gasteiger partial charge in [0.25, 0.3) is 5.56 Å². The average molecular weight is 264 g/mol. The Balaban J connectivity index is 1.86. The molecule has 1 unspecified atom stereocenters. The molecule has 0 saturated heterocycles. The van der Waals surface area contributed by atoms with Crippen LogP contribution in [-0.4, -0.2) is 27.6 Å². The zero-order valence-electron chi connectivity index (χ0n) is 10.4. The maximum absolute atomic E-state index is 11.7. The fourth-order valence-electron chi connectivity index (χ4n) is 1.92. The molecule has 2 rings (SSSR count). The van der Waals surface area contributed by atoms with Crippen molar-refractivity contribution in [2.45, 2.75) is 31.8 Å². The van der Waals surface area contributed by atoms with Gasteiger partial charge in [0.15, 0.2) is 0 Å². The molecule has 6 nitrogen and oxygen atoms in total. The molecule has 1 aromatic heterocycles. The number of rotatable bonds is 6. The summed E-state index contributed by atoms with van der Waals surface area (Å²) in [4.78, 5) is 34.1. The highest BCUT2D eigenvalue weighted by Crippen LogP contribution is 2.32. The molecule has 0 spiro atoms. The van der Waals surface area contributed by atoms with Crippen LogP contribution in [0.4, 0.5) is 0 Å². The molecule has 2 N–H and O–H groups in total. The van der Waals surface area contributed by atoms with Crippen molar-refractivity contribution in [3.8, 4) is 0 Å². The van der Waals surface area contributed by atoms with Crippen molar-refractivity contribution in [2.75, 3.05) is 0 Å². The summed E-state index contributed by atoms with van der Waals surface area (Å²) < 4.78 is 1.42. The number of aromatic nitrogens is 1. The van der Waals surface area contributed by atoms with Crippen LogP contribution in [0.3, 0.4) is 0 Å². The predicted octanol–water partition coefficient (Wildman–Crippen LogP) is 0.218. The van der Waals surface area contributed by atoms with Crippen LogP contribution >= 0.6 is 0 Å². The predicted molar refractivity (Wildman–Crippen MR) is 67.6 cm³/mol. The van der Waals surface area contributed by atoms with Crippen LogP contribution in [0.25, 0.3) is 0 Å². The Morgan fingerprint density at radius 3 is 2.74 bits per heavy atom. The number of carbonyl (C=O) groups excluding carboxylic acids is 1. The summed E-state index contributed by atoms with van der Waals surface area (Å²) in [6.45, 7) is 0.252. The van der Waals surface area contributed by atoms with Gasteiger partial charge in [-0.2, -0.15) is 0 Å². The van der Waals surface area contributed by atoms with Crippen molar-refractivity contribution in [3.05, 3.63) is 34.7 Å². The minimum atomic E-state index is -0.993. The molecule has 0 aliphatic heterocycles. The van der Waals surface area contributed by atoms with Crippen LogP contribution in [0.1, 0.15) is 19.3 Å². The van der Waals surface area contributed by atoms with E-state index in [-0.39, 0.29) is 30.3 Å². The van der Waals surface area contributed by atoms with E-state index in [1.165, 1.54) is 10.6 Å². The summed E-state index contributed by atoms with van der Waals surface area (Å²) in [5, 5.41) is 11.5. The normalized spacial score (nSPS) is 15.8. The molecule has 1 aromatic rings. The van der Waals surface area contributed by atoms with E-state index < -0.39 is 12.0 Å². The van der Waals surface area contributed by atoms with Gasteiger partial charge in [-0.3, -0.25) is 9.59 Å². The van der Waals surface area contributed by atoms with Gasteiger partial charge in [-0.1, -0.05) is 6.07 Å².